The number of ether oxygens (including phenoxy) is 1. The van der Waals surface area contributed by atoms with Gasteiger partial charge in [0.1, 0.15) is 11.5 Å². The van der Waals surface area contributed by atoms with Crippen molar-refractivity contribution >= 4 is 40.7 Å². The number of hydrogen-bond donors (Lipinski definition) is 1. The van der Waals surface area contributed by atoms with E-state index < -0.39 is 17.7 Å². The van der Waals surface area contributed by atoms with Gasteiger partial charge >= 0.3 is 0 Å². The highest BCUT2D eigenvalue weighted by atomic mass is 35.5. The van der Waals surface area contributed by atoms with Crippen molar-refractivity contribution in [3.8, 4) is 5.75 Å². The number of carbonyl (C=O) groups excluding carboxylic acids is 2. The van der Waals surface area contributed by atoms with Crippen LogP contribution in [0.15, 0.2) is 48.0 Å². The summed E-state index contributed by atoms with van der Waals surface area (Å²) in [6, 6.07) is 11.0. The second kappa shape index (κ2) is 11.1. The van der Waals surface area contributed by atoms with Crippen molar-refractivity contribution in [3.05, 3.63) is 69.2 Å². The van der Waals surface area contributed by atoms with Crippen LogP contribution < -0.4 is 4.74 Å². The molecule has 3 rings (SSSR count). The molecule has 0 bridgehead atoms. The summed E-state index contributed by atoms with van der Waals surface area (Å²) in [5.74, 6) is -0.963. The Labute approximate surface area is 204 Å². The Morgan fingerprint density at radius 1 is 1.03 bits per heavy atom. The minimum atomic E-state index is -0.776. The predicted octanol–water partition coefficient (Wildman–Crippen LogP) is 5.16. The van der Waals surface area contributed by atoms with Crippen molar-refractivity contribution in [2.75, 3.05) is 32.8 Å². The lowest BCUT2D eigenvalue weighted by atomic mass is 9.95. The third kappa shape index (κ3) is 5.35. The fourth-order valence-corrected chi connectivity index (χ4v) is 4.27. The first-order chi connectivity index (χ1) is 15.8. The Hall–Kier alpha value is -2.54. The highest BCUT2D eigenvalue weighted by Crippen LogP contribution is 2.41. The number of carbonyl (C=O) groups is 2. The molecule has 0 aromatic heterocycles. The van der Waals surface area contributed by atoms with Crippen LogP contribution in [0.2, 0.25) is 10.0 Å². The molecule has 1 N–H and O–H groups in total. The van der Waals surface area contributed by atoms with E-state index in [-0.39, 0.29) is 11.3 Å². The molecule has 1 aliphatic heterocycles. The molecule has 33 heavy (non-hydrogen) atoms. The average Bonchev–Trinajstić information content (AvgIpc) is 3.06. The van der Waals surface area contributed by atoms with Gasteiger partial charge in [-0.2, -0.15) is 0 Å². The maximum Gasteiger partial charge on any atom is 0.295 e. The fraction of sp³-hybridized carbons (Fsp3) is 0.360. The maximum absolute atomic E-state index is 13.1. The zero-order valence-electron chi connectivity index (χ0n) is 19.0. The van der Waals surface area contributed by atoms with Gasteiger partial charge < -0.3 is 19.6 Å². The van der Waals surface area contributed by atoms with E-state index in [1.54, 1.807) is 42.5 Å². The van der Waals surface area contributed by atoms with Gasteiger partial charge in [-0.3, -0.25) is 9.59 Å². The number of likely N-dealkylation sites (N-methyl/N-ethyl adjacent to an activating group) is 1. The number of halogens is 2. The SMILES string of the molecule is CCOc1ccc(C(O)=C2C(=O)C(=O)N(CCN(CC)CC)C2c2ccc(Cl)c(Cl)c2)cc1. The van der Waals surface area contributed by atoms with Crippen molar-refractivity contribution in [1.82, 2.24) is 9.80 Å². The van der Waals surface area contributed by atoms with E-state index in [1.807, 2.05) is 20.8 Å². The lowest BCUT2D eigenvalue weighted by molar-refractivity contribution is -0.140. The van der Waals surface area contributed by atoms with Crippen LogP contribution in [-0.4, -0.2) is 59.4 Å². The second-order valence-electron chi connectivity index (χ2n) is 7.65. The smallest absolute Gasteiger partial charge is 0.295 e. The first-order valence-electron chi connectivity index (χ1n) is 11.0. The van der Waals surface area contributed by atoms with Crippen LogP contribution in [0.4, 0.5) is 0 Å². The standard InChI is InChI=1S/C25H28Cl2N2O4/c1-4-28(5-2)13-14-29-22(17-9-12-19(26)20(27)15-17)21(24(31)25(29)32)23(30)16-7-10-18(11-8-16)33-6-3/h7-12,15,22,30H,4-6,13-14H2,1-3H3. The summed E-state index contributed by atoms with van der Waals surface area (Å²) in [4.78, 5) is 29.8. The molecule has 1 aliphatic rings. The van der Waals surface area contributed by atoms with Crippen LogP contribution in [0.3, 0.4) is 0 Å². The molecule has 0 aliphatic carbocycles. The lowest BCUT2D eigenvalue weighted by Crippen LogP contribution is -2.38. The Balaban J connectivity index is 2.09. The molecule has 1 fully saturated rings. The molecule has 176 valence electrons. The minimum Gasteiger partial charge on any atom is -0.507 e. The van der Waals surface area contributed by atoms with E-state index in [0.717, 1.165) is 13.1 Å². The van der Waals surface area contributed by atoms with E-state index in [0.29, 0.717) is 46.6 Å². The number of amides is 1. The minimum absolute atomic E-state index is 0.0297. The normalized spacial score (nSPS) is 17.8. The largest absolute Gasteiger partial charge is 0.507 e. The number of ketones is 1. The van der Waals surface area contributed by atoms with Gasteiger partial charge in [0, 0.05) is 18.7 Å². The molecule has 0 saturated carbocycles. The first kappa shape index (κ1) is 25.1. The number of Topliss-reactive ketones (excluding diaryl/α,β-unsaturated/α-hetero) is 1. The summed E-state index contributed by atoms with van der Waals surface area (Å²) < 4.78 is 5.45. The molecule has 1 atom stereocenters. The molecule has 1 heterocycles. The number of aliphatic hydroxyl groups excluding tert-OH is 1. The number of hydrogen-bond acceptors (Lipinski definition) is 5. The van der Waals surface area contributed by atoms with E-state index in [1.165, 1.54) is 4.90 Å². The van der Waals surface area contributed by atoms with Crippen LogP contribution >= 0.6 is 23.2 Å². The zero-order valence-corrected chi connectivity index (χ0v) is 20.5. The van der Waals surface area contributed by atoms with Crippen LogP contribution in [0.25, 0.3) is 5.76 Å². The number of aliphatic hydroxyl groups is 1. The highest BCUT2D eigenvalue weighted by Gasteiger charge is 2.46. The first-order valence-corrected chi connectivity index (χ1v) is 11.8. The van der Waals surface area contributed by atoms with Crippen LogP contribution in [0.1, 0.15) is 37.9 Å². The summed E-state index contributed by atoms with van der Waals surface area (Å²) in [5.41, 5.74) is 1.06. The molecular weight excluding hydrogens is 463 g/mol. The van der Waals surface area contributed by atoms with E-state index in [4.69, 9.17) is 27.9 Å². The molecule has 6 nitrogen and oxygen atoms in total. The Bertz CT molecular complexity index is 1050. The Morgan fingerprint density at radius 3 is 2.27 bits per heavy atom. The van der Waals surface area contributed by atoms with Crippen molar-refractivity contribution in [2.45, 2.75) is 26.8 Å². The number of likely N-dealkylation sites (tertiary alicyclic amines) is 1. The highest BCUT2D eigenvalue weighted by molar-refractivity contribution is 6.46. The fourth-order valence-electron chi connectivity index (χ4n) is 3.96. The van der Waals surface area contributed by atoms with E-state index in [2.05, 4.69) is 4.90 Å². The molecule has 8 heteroatoms. The number of rotatable bonds is 9. The summed E-state index contributed by atoms with van der Waals surface area (Å²) in [7, 11) is 0. The van der Waals surface area contributed by atoms with Gasteiger partial charge in [0.25, 0.3) is 11.7 Å². The van der Waals surface area contributed by atoms with Gasteiger partial charge in [0.05, 0.1) is 28.3 Å². The van der Waals surface area contributed by atoms with E-state index >= 15 is 0 Å². The van der Waals surface area contributed by atoms with Crippen LogP contribution in [0, 0.1) is 0 Å². The third-order valence-electron chi connectivity index (χ3n) is 5.79. The lowest BCUT2D eigenvalue weighted by Gasteiger charge is -2.28. The zero-order chi connectivity index (χ0) is 24.1. The molecule has 1 unspecified atom stereocenters. The quantitative estimate of drug-likeness (QED) is 0.298. The Morgan fingerprint density at radius 2 is 1.70 bits per heavy atom. The third-order valence-corrected chi connectivity index (χ3v) is 6.53. The van der Waals surface area contributed by atoms with Gasteiger partial charge in [0.15, 0.2) is 0 Å². The van der Waals surface area contributed by atoms with Crippen molar-refractivity contribution in [2.24, 2.45) is 0 Å². The van der Waals surface area contributed by atoms with Crippen molar-refractivity contribution in [3.63, 3.8) is 0 Å². The molecule has 1 amide bonds. The molecule has 2 aromatic rings. The monoisotopic (exact) mass is 490 g/mol. The maximum atomic E-state index is 13.1. The van der Waals surface area contributed by atoms with Crippen LogP contribution in [-0.2, 0) is 9.59 Å². The summed E-state index contributed by atoms with van der Waals surface area (Å²) in [5, 5.41) is 11.8. The average molecular weight is 491 g/mol. The summed E-state index contributed by atoms with van der Waals surface area (Å²) in [6.45, 7) is 9.05. The molecule has 2 aromatic carbocycles. The summed E-state index contributed by atoms with van der Waals surface area (Å²) in [6.07, 6.45) is 0. The summed E-state index contributed by atoms with van der Waals surface area (Å²) >= 11 is 12.4. The van der Waals surface area contributed by atoms with Gasteiger partial charge in [-0.05, 0) is 62.0 Å². The Kier molecular flexibility index (Phi) is 8.40. The van der Waals surface area contributed by atoms with E-state index in [9.17, 15) is 14.7 Å². The number of benzene rings is 2. The molecular formula is C25H28Cl2N2O4. The molecule has 0 radical (unpaired) electrons. The van der Waals surface area contributed by atoms with Gasteiger partial charge in [-0.1, -0.05) is 43.1 Å². The van der Waals surface area contributed by atoms with Gasteiger partial charge in [0.2, 0.25) is 0 Å². The predicted molar refractivity (Wildman–Crippen MR) is 131 cm³/mol. The second-order valence-corrected chi connectivity index (χ2v) is 8.46. The van der Waals surface area contributed by atoms with Gasteiger partial charge in [-0.25, -0.2) is 0 Å². The van der Waals surface area contributed by atoms with Gasteiger partial charge in [-0.15, -0.1) is 0 Å². The molecule has 1 saturated heterocycles. The van der Waals surface area contributed by atoms with Crippen LogP contribution in [0.5, 0.6) is 5.75 Å². The molecule has 0 spiro atoms. The van der Waals surface area contributed by atoms with Crippen molar-refractivity contribution < 1.29 is 19.4 Å². The topological polar surface area (TPSA) is 70.1 Å². The number of nitrogens with zero attached hydrogens (tertiary/aromatic N) is 2. The van der Waals surface area contributed by atoms with Crippen molar-refractivity contribution in [1.29, 1.82) is 0 Å².